The molecule has 0 atom stereocenters. The van der Waals surface area contributed by atoms with Gasteiger partial charge in [0, 0.05) is 18.4 Å². The van der Waals surface area contributed by atoms with Crippen LogP contribution in [0.5, 0.6) is 0 Å². The Hall–Kier alpha value is -1.16. The molecule has 15 heavy (non-hydrogen) atoms. The Labute approximate surface area is 97.1 Å². The predicted octanol–water partition coefficient (Wildman–Crippen LogP) is 3.21. The molecular weight excluding hydrogens is 254 g/mol. The van der Waals surface area contributed by atoms with Crippen LogP contribution in [0.15, 0.2) is 29.0 Å². The first kappa shape index (κ1) is 10.4. The van der Waals surface area contributed by atoms with Crippen molar-refractivity contribution in [3.05, 3.63) is 29.0 Å². The molecule has 0 fully saturated rings. The summed E-state index contributed by atoms with van der Waals surface area (Å²) in [4.78, 5) is 8.54. The summed E-state index contributed by atoms with van der Waals surface area (Å²) >= 11 is 3.55. The van der Waals surface area contributed by atoms with E-state index in [1.54, 1.807) is 12.4 Å². The normalized spacial score (nSPS) is 10.9. The van der Waals surface area contributed by atoms with Crippen LogP contribution in [0.3, 0.4) is 0 Å². The zero-order valence-electron chi connectivity index (χ0n) is 8.66. The van der Waals surface area contributed by atoms with Gasteiger partial charge >= 0.3 is 0 Å². The highest BCUT2D eigenvalue weighted by atomic mass is 79.9. The second kappa shape index (κ2) is 4.14. The molecule has 0 aliphatic carbocycles. The van der Waals surface area contributed by atoms with E-state index in [1.165, 1.54) is 0 Å². The molecule has 2 rings (SSSR count). The first-order chi connectivity index (χ1) is 7.18. The maximum Gasteiger partial charge on any atom is 0.105 e. The highest BCUT2D eigenvalue weighted by Gasteiger charge is 2.06. The topological polar surface area (TPSA) is 37.8 Å². The lowest BCUT2D eigenvalue weighted by molar-refractivity contribution is 0.899. The molecule has 0 amide bonds. The first-order valence-corrected chi connectivity index (χ1v) is 5.63. The van der Waals surface area contributed by atoms with Crippen LogP contribution in [-0.2, 0) is 0 Å². The van der Waals surface area contributed by atoms with Gasteiger partial charge in [0.15, 0.2) is 0 Å². The molecular formula is C11H12BrN3. The SMILES string of the molecule is CC(C)Nc1ccc2nccnc2c1Br. The lowest BCUT2D eigenvalue weighted by Crippen LogP contribution is -2.10. The van der Waals surface area contributed by atoms with E-state index in [0.29, 0.717) is 6.04 Å². The fourth-order valence-corrected chi connectivity index (χ4v) is 1.98. The van der Waals surface area contributed by atoms with Crippen molar-refractivity contribution in [2.45, 2.75) is 19.9 Å². The van der Waals surface area contributed by atoms with E-state index in [1.807, 2.05) is 12.1 Å². The first-order valence-electron chi connectivity index (χ1n) is 4.84. The zero-order valence-corrected chi connectivity index (χ0v) is 10.2. The Bertz CT molecular complexity index is 482. The van der Waals surface area contributed by atoms with Crippen molar-refractivity contribution >= 4 is 32.7 Å². The molecule has 0 spiro atoms. The van der Waals surface area contributed by atoms with Crippen LogP contribution >= 0.6 is 15.9 Å². The molecule has 2 aromatic rings. The number of nitrogens with one attached hydrogen (secondary N) is 1. The van der Waals surface area contributed by atoms with E-state index in [0.717, 1.165) is 21.2 Å². The summed E-state index contributed by atoms with van der Waals surface area (Å²) in [7, 11) is 0. The third-order valence-electron chi connectivity index (χ3n) is 2.02. The summed E-state index contributed by atoms with van der Waals surface area (Å²) in [6.07, 6.45) is 3.40. The quantitative estimate of drug-likeness (QED) is 0.906. The van der Waals surface area contributed by atoms with Crippen LogP contribution in [0.1, 0.15) is 13.8 Å². The number of anilines is 1. The molecule has 3 nitrogen and oxygen atoms in total. The highest BCUT2D eigenvalue weighted by Crippen LogP contribution is 2.29. The number of hydrogen-bond acceptors (Lipinski definition) is 3. The van der Waals surface area contributed by atoms with Crippen molar-refractivity contribution < 1.29 is 0 Å². The summed E-state index contributed by atoms with van der Waals surface area (Å²) in [5, 5.41) is 3.35. The number of fused-ring (bicyclic) bond motifs is 1. The van der Waals surface area contributed by atoms with Crippen LogP contribution in [0.2, 0.25) is 0 Å². The second-order valence-electron chi connectivity index (χ2n) is 3.65. The number of aromatic nitrogens is 2. The van der Waals surface area contributed by atoms with Crippen LogP contribution in [0, 0.1) is 0 Å². The van der Waals surface area contributed by atoms with E-state index in [2.05, 4.69) is 45.1 Å². The zero-order chi connectivity index (χ0) is 10.8. The third-order valence-corrected chi connectivity index (χ3v) is 2.83. The van der Waals surface area contributed by atoms with Crippen molar-refractivity contribution in [2.75, 3.05) is 5.32 Å². The largest absolute Gasteiger partial charge is 0.382 e. The number of nitrogens with zero attached hydrogens (tertiary/aromatic N) is 2. The number of benzene rings is 1. The monoisotopic (exact) mass is 265 g/mol. The van der Waals surface area contributed by atoms with Crippen molar-refractivity contribution in [3.8, 4) is 0 Å². The maximum atomic E-state index is 4.30. The third kappa shape index (κ3) is 2.09. The minimum Gasteiger partial charge on any atom is -0.382 e. The van der Waals surface area contributed by atoms with E-state index >= 15 is 0 Å². The fourth-order valence-electron chi connectivity index (χ4n) is 1.43. The summed E-state index contributed by atoms with van der Waals surface area (Å²) in [6, 6.07) is 4.38. The van der Waals surface area contributed by atoms with Gasteiger partial charge in [-0.3, -0.25) is 9.97 Å². The summed E-state index contributed by atoms with van der Waals surface area (Å²) in [5.74, 6) is 0. The molecule has 78 valence electrons. The molecule has 0 aliphatic rings. The van der Waals surface area contributed by atoms with Gasteiger partial charge in [-0.1, -0.05) is 0 Å². The van der Waals surface area contributed by atoms with Crippen molar-refractivity contribution in [2.24, 2.45) is 0 Å². The highest BCUT2D eigenvalue weighted by molar-refractivity contribution is 9.10. The molecule has 1 aromatic carbocycles. The predicted molar refractivity (Wildman–Crippen MR) is 66.0 cm³/mol. The lowest BCUT2D eigenvalue weighted by atomic mass is 10.2. The molecule has 0 aliphatic heterocycles. The fraction of sp³-hybridized carbons (Fsp3) is 0.273. The lowest BCUT2D eigenvalue weighted by Gasteiger charge is -2.12. The molecule has 0 saturated heterocycles. The molecule has 0 unspecified atom stereocenters. The molecule has 0 saturated carbocycles. The standard InChI is InChI=1S/C11H12BrN3/c1-7(2)15-8-3-4-9-11(10(8)12)14-6-5-13-9/h3-7,15H,1-2H3. The van der Waals surface area contributed by atoms with Gasteiger partial charge in [-0.2, -0.15) is 0 Å². The van der Waals surface area contributed by atoms with Gasteiger partial charge in [0.25, 0.3) is 0 Å². The molecule has 1 heterocycles. The Kier molecular flexibility index (Phi) is 2.86. The van der Waals surface area contributed by atoms with Gasteiger partial charge < -0.3 is 5.32 Å². The molecule has 4 heteroatoms. The van der Waals surface area contributed by atoms with Gasteiger partial charge in [-0.25, -0.2) is 0 Å². The van der Waals surface area contributed by atoms with E-state index in [-0.39, 0.29) is 0 Å². The molecule has 1 N–H and O–H groups in total. The van der Waals surface area contributed by atoms with Gasteiger partial charge in [0.2, 0.25) is 0 Å². The maximum absolute atomic E-state index is 4.30. The number of rotatable bonds is 2. The Morgan fingerprint density at radius 3 is 2.67 bits per heavy atom. The molecule has 0 bridgehead atoms. The van der Waals surface area contributed by atoms with Crippen LogP contribution in [-0.4, -0.2) is 16.0 Å². The van der Waals surface area contributed by atoms with E-state index in [4.69, 9.17) is 0 Å². The molecule has 1 aromatic heterocycles. The van der Waals surface area contributed by atoms with E-state index in [9.17, 15) is 0 Å². The van der Waals surface area contributed by atoms with Gasteiger partial charge in [0.05, 0.1) is 15.7 Å². The minimum atomic E-state index is 0.399. The van der Waals surface area contributed by atoms with Crippen LogP contribution < -0.4 is 5.32 Å². The average Bonchev–Trinajstić information content (AvgIpc) is 2.22. The molecule has 0 radical (unpaired) electrons. The van der Waals surface area contributed by atoms with Crippen molar-refractivity contribution in [1.82, 2.24) is 9.97 Å². The number of halogens is 1. The second-order valence-corrected chi connectivity index (χ2v) is 4.44. The van der Waals surface area contributed by atoms with Gasteiger partial charge in [0.1, 0.15) is 5.52 Å². The smallest absolute Gasteiger partial charge is 0.105 e. The Morgan fingerprint density at radius 1 is 1.20 bits per heavy atom. The van der Waals surface area contributed by atoms with Gasteiger partial charge in [-0.15, -0.1) is 0 Å². The van der Waals surface area contributed by atoms with Crippen LogP contribution in [0.25, 0.3) is 11.0 Å². The average molecular weight is 266 g/mol. The Balaban J connectivity index is 2.55. The number of hydrogen-bond donors (Lipinski definition) is 1. The van der Waals surface area contributed by atoms with Gasteiger partial charge in [-0.05, 0) is 41.9 Å². The van der Waals surface area contributed by atoms with Crippen molar-refractivity contribution in [3.63, 3.8) is 0 Å². The Morgan fingerprint density at radius 2 is 1.93 bits per heavy atom. The van der Waals surface area contributed by atoms with E-state index < -0.39 is 0 Å². The van der Waals surface area contributed by atoms with Crippen molar-refractivity contribution in [1.29, 1.82) is 0 Å². The van der Waals surface area contributed by atoms with Crippen LogP contribution in [0.4, 0.5) is 5.69 Å². The summed E-state index contributed by atoms with van der Waals surface area (Å²) in [5.41, 5.74) is 2.85. The summed E-state index contributed by atoms with van der Waals surface area (Å²) in [6.45, 7) is 4.21. The summed E-state index contributed by atoms with van der Waals surface area (Å²) < 4.78 is 0.974. The minimum absolute atomic E-state index is 0.399.